The molecule has 12 heteroatoms. The number of ether oxygens (including phenoxy) is 10. The predicted octanol–water partition coefficient (Wildman–Crippen LogP) is 0.789. The molecule has 0 aliphatic heterocycles. The van der Waals surface area contributed by atoms with Crippen molar-refractivity contribution >= 4 is 5.69 Å². The van der Waals surface area contributed by atoms with Crippen molar-refractivity contribution in [2.75, 3.05) is 138 Å². The van der Waals surface area contributed by atoms with Crippen LogP contribution in [-0.4, -0.2) is 137 Å². The van der Waals surface area contributed by atoms with Gasteiger partial charge in [-0.2, -0.15) is 0 Å². The van der Waals surface area contributed by atoms with Crippen molar-refractivity contribution in [1.82, 2.24) is 0 Å². The summed E-state index contributed by atoms with van der Waals surface area (Å²) in [5, 5.41) is 8.56. The minimum absolute atomic E-state index is 0.0261. The van der Waals surface area contributed by atoms with Crippen molar-refractivity contribution in [3.05, 3.63) is 24.3 Å². The molecule has 1 aromatic carbocycles. The highest BCUT2D eigenvalue weighted by Crippen LogP contribution is 2.19. The van der Waals surface area contributed by atoms with E-state index in [2.05, 4.69) is 0 Å². The molecule has 222 valence electrons. The number of rotatable bonds is 30. The average Bonchev–Trinajstić information content (AvgIpc) is 2.93. The van der Waals surface area contributed by atoms with Crippen LogP contribution in [-0.2, 0) is 42.6 Å². The number of aliphatic hydroxyl groups is 1. The van der Waals surface area contributed by atoms with Crippen LogP contribution in [0.5, 0.6) is 5.75 Å². The van der Waals surface area contributed by atoms with Gasteiger partial charge < -0.3 is 58.2 Å². The van der Waals surface area contributed by atoms with E-state index in [1.807, 2.05) is 18.2 Å². The van der Waals surface area contributed by atoms with Crippen LogP contribution in [0.3, 0.4) is 0 Å². The van der Waals surface area contributed by atoms with Gasteiger partial charge in [-0.15, -0.1) is 0 Å². The molecule has 0 aliphatic carbocycles. The fourth-order valence-corrected chi connectivity index (χ4v) is 2.75. The third-order valence-electron chi connectivity index (χ3n) is 4.62. The van der Waals surface area contributed by atoms with Gasteiger partial charge in [0.15, 0.2) is 0 Å². The van der Waals surface area contributed by atoms with E-state index in [0.29, 0.717) is 137 Å². The Labute approximate surface area is 226 Å². The summed E-state index contributed by atoms with van der Waals surface area (Å²) in [6.45, 7) is 9.30. The van der Waals surface area contributed by atoms with Crippen molar-refractivity contribution in [1.29, 1.82) is 0 Å². The van der Waals surface area contributed by atoms with Crippen molar-refractivity contribution in [3.8, 4) is 5.75 Å². The second-order valence-electron chi connectivity index (χ2n) is 7.62. The Kier molecular flexibility index (Phi) is 25.8. The summed E-state index contributed by atoms with van der Waals surface area (Å²) >= 11 is 0. The van der Waals surface area contributed by atoms with Crippen LogP contribution in [0.1, 0.15) is 0 Å². The third-order valence-corrected chi connectivity index (χ3v) is 4.62. The van der Waals surface area contributed by atoms with Crippen molar-refractivity contribution in [3.63, 3.8) is 0 Å². The highest BCUT2D eigenvalue weighted by molar-refractivity contribution is 5.51. The molecule has 0 saturated heterocycles. The van der Waals surface area contributed by atoms with Gasteiger partial charge in [-0.25, -0.2) is 0 Å². The smallest absolute Gasteiger partial charge is 0.142 e. The number of para-hydroxylation sites is 2. The molecular formula is C26H47NO11. The Balaban J connectivity index is 1.65. The molecule has 0 saturated carbocycles. The number of nitrogens with two attached hydrogens (primary N) is 1. The zero-order valence-corrected chi connectivity index (χ0v) is 22.6. The zero-order chi connectivity index (χ0) is 27.2. The average molecular weight is 550 g/mol. The topological polar surface area (TPSA) is 139 Å². The molecule has 0 unspecified atom stereocenters. The Morgan fingerprint density at radius 1 is 0.421 bits per heavy atom. The van der Waals surface area contributed by atoms with Gasteiger partial charge >= 0.3 is 0 Å². The standard InChI is InChI=1S/C26H47NO11/c27-25-3-1-2-4-26(25)38-24-23-37-22-21-36-20-19-35-18-17-34-16-15-33-14-13-32-12-11-31-10-9-30-8-7-29-6-5-28/h1-4,28H,5-24,27H2. The van der Waals surface area contributed by atoms with Gasteiger partial charge in [0.1, 0.15) is 12.4 Å². The van der Waals surface area contributed by atoms with Crippen molar-refractivity contribution in [2.45, 2.75) is 0 Å². The Morgan fingerprint density at radius 2 is 0.711 bits per heavy atom. The van der Waals surface area contributed by atoms with E-state index in [1.165, 1.54) is 0 Å². The Hall–Kier alpha value is -1.58. The van der Waals surface area contributed by atoms with E-state index >= 15 is 0 Å². The summed E-state index contributed by atoms with van der Waals surface area (Å²) in [6.07, 6.45) is 0. The highest BCUT2D eigenvalue weighted by Gasteiger charge is 1.98. The maximum Gasteiger partial charge on any atom is 0.142 e. The first-order chi connectivity index (χ1) is 18.8. The zero-order valence-electron chi connectivity index (χ0n) is 22.6. The van der Waals surface area contributed by atoms with E-state index in [4.69, 9.17) is 58.2 Å². The molecule has 1 rings (SSSR count). The normalized spacial score (nSPS) is 11.3. The number of anilines is 1. The van der Waals surface area contributed by atoms with Crippen molar-refractivity contribution < 1.29 is 52.5 Å². The van der Waals surface area contributed by atoms with E-state index in [0.717, 1.165) is 0 Å². The summed E-state index contributed by atoms with van der Waals surface area (Å²) in [4.78, 5) is 0. The molecule has 0 atom stereocenters. The maximum atomic E-state index is 8.56. The largest absolute Gasteiger partial charge is 0.489 e. The number of hydrogen-bond donors (Lipinski definition) is 2. The second-order valence-corrected chi connectivity index (χ2v) is 7.62. The van der Waals surface area contributed by atoms with Gasteiger partial charge in [0.05, 0.1) is 131 Å². The maximum absolute atomic E-state index is 8.56. The fraction of sp³-hybridized carbons (Fsp3) is 0.769. The van der Waals surface area contributed by atoms with Gasteiger partial charge in [-0.1, -0.05) is 12.1 Å². The summed E-state index contributed by atoms with van der Waals surface area (Å²) in [5.74, 6) is 0.668. The molecule has 38 heavy (non-hydrogen) atoms. The van der Waals surface area contributed by atoms with E-state index < -0.39 is 0 Å². The number of aliphatic hydroxyl groups excluding tert-OH is 1. The Bertz CT molecular complexity index is 612. The molecule has 0 fully saturated rings. The van der Waals surface area contributed by atoms with Crippen LogP contribution < -0.4 is 10.5 Å². The SMILES string of the molecule is Nc1ccccc1OCCOCCOCCOCCOCCOCCOCCOCCOCCOCCO. The van der Waals surface area contributed by atoms with Crippen LogP contribution in [0.25, 0.3) is 0 Å². The summed E-state index contributed by atoms with van der Waals surface area (Å²) in [7, 11) is 0. The lowest BCUT2D eigenvalue weighted by molar-refractivity contribution is -0.0258. The number of hydrogen-bond acceptors (Lipinski definition) is 12. The first kappa shape index (κ1) is 34.4. The molecule has 12 nitrogen and oxygen atoms in total. The molecule has 0 bridgehead atoms. The van der Waals surface area contributed by atoms with Crippen LogP contribution in [0.4, 0.5) is 5.69 Å². The lowest BCUT2D eigenvalue weighted by atomic mass is 10.3. The molecule has 0 radical (unpaired) electrons. The lowest BCUT2D eigenvalue weighted by Crippen LogP contribution is -2.15. The van der Waals surface area contributed by atoms with Gasteiger partial charge in [-0.05, 0) is 12.1 Å². The van der Waals surface area contributed by atoms with Crippen LogP contribution in [0.15, 0.2) is 24.3 Å². The lowest BCUT2D eigenvalue weighted by Gasteiger charge is -2.09. The van der Waals surface area contributed by atoms with Crippen LogP contribution >= 0.6 is 0 Å². The Morgan fingerprint density at radius 3 is 1.03 bits per heavy atom. The van der Waals surface area contributed by atoms with E-state index in [1.54, 1.807) is 6.07 Å². The number of benzene rings is 1. The van der Waals surface area contributed by atoms with Crippen LogP contribution in [0, 0.1) is 0 Å². The molecule has 0 spiro atoms. The van der Waals surface area contributed by atoms with Gasteiger partial charge in [-0.3, -0.25) is 0 Å². The van der Waals surface area contributed by atoms with E-state index in [-0.39, 0.29) is 6.61 Å². The quantitative estimate of drug-likeness (QED) is 0.104. The predicted molar refractivity (Wildman–Crippen MR) is 141 cm³/mol. The first-order valence-corrected chi connectivity index (χ1v) is 13.1. The fourth-order valence-electron chi connectivity index (χ4n) is 2.75. The van der Waals surface area contributed by atoms with Gasteiger partial charge in [0.25, 0.3) is 0 Å². The second kappa shape index (κ2) is 28.4. The third kappa shape index (κ3) is 23.5. The van der Waals surface area contributed by atoms with Crippen molar-refractivity contribution in [2.24, 2.45) is 0 Å². The summed E-state index contributed by atoms with van der Waals surface area (Å²) in [6, 6.07) is 7.37. The minimum Gasteiger partial charge on any atom is -0.489 e. The van der Waals surface area contributed by atoms with Crippen LogP contribution in [0.2, 0.25) is 0 Å². The summed E-state index contributed by atoms with van der Waals surface area (Å²) in [5.41, 5.74) is 6.42. The van der Waals surface area contributed by atoms with E-state index in [9.17, 15) is 0 Å². The highest BCUT2D eigenvalue weighted by atomic mass is 16.6. The molecular weight excluding hydrogens is 502 g/mol. The first-order valence-electron chi connectivity index (χ1n) is 13.1. The monoisotopic (exact) mass is 549 g/mol. The molecule has 0 aromatic heterocycles. The van der Waals surface area contributed by atoms with Gasteiger partial charge in [0.2, 0.25) is 0 Å². The molecule has 1 aromatic rings. The minimum atomic E-state index is 0.0261. The molecule has 0 aliphatic rings. The number of nitrogen functional groups attached to an aromatic ring is 1. The molecule has 0 heterocycles. The summed E-state index contributed by atoms with van der Waals surface area (Å²) < 4.78 is 54.0. The molecule has 3 N–H and O–H groups in total. The molecule has 0 amide bonds. The van der Waals surface area contributed by atoms with Gasteiger partial charge in [0, 0.05) is 0 Å².